The predicted molar refractivity (Wildman–Crippen MR) is 131 cm³/mol. The number of hydrogen-bond donors (Lipinski definition) is 3. The molecular formula is C25H30N6O. The van der Waals surface area contributed by atoms with Crippen molar-refractivity contribution in [3.8, 4) is 5.75 Å². The normalized spacial score (nSPS) is 12.8. The topological polar surface area (TPSA) is 99.1 Å². The summed E-state index contributed by atoms with van der Waals surface area (Å²) in [6, 6.07) is 9.99. The Morgan fingerprint density at radius 2 is 1.66 bits per heavy atom. The van der Waals surface area contributed by atoms with E-state index < -0.39 is 0 Å². The molecule has 2 aromatic carbocycles. The molecule has 0 unspecified atom stereocenters. The number of H-pyrrole nitrogens is 1. The maximum Gasteiger partial charge on any atom is 0.265 e. The van der Waals surface area contributed by atoms with Crippen molar-refractivity contribution in [2.75, 3.05) is 5.43 Å². The summed E-state index contributed by atoms with van der Waals surface area (Å²) >= 11 is 0. The maximum absolute atomic E-state index is 10.9. The van der Waals surface area contributed by atoms with Crippen LogP contribution < -0.4 is 5.43 Å². The van der Waals surface area contributed by atoms with Crippen LogP contribution in [0.3, 0.4) is 0 Å². The number of fused-ring (bicyclic) bond motifs is 3. The molecule has 0 bridgehead atoms. The lowest BCUT2D eigenvalue weighted by Gasteiger charge is -2.27. The number of para-hydroxylation sites is 1. The van der Waals surface area contributed by atoms with Crippen molar-refractivity contribution in [3.05, 3.63) is 52.6 Å². The van der Waals surface area contributed by atoms with Crippen LogP contribution in [-0.2, 0) is 10.8 Å². The fraction of sp³-hybridized carbons (Fsp3) is 0.360. The first-order chi connectivity index (χ1) is 14.9. The van der Waals surface area contributed by atoms with Gasteiger partial charge in [-0.05, 0) is 41.0 Å². The molecule has 166 valence electrons. The van der Waals surface area contributed by atoms with Crippen molar-refractivity contribution < 1.29 is 5.11 Å². The molecule has 0 aliphatic carbocycles. The highest BCUT2D eigenvalue weighted by Gasteiger charge is 2.26. The van der Waals surface area contributed by atoms with Gasteiger partial charge in [0.15, 0.2) is 5.65 Å². The molecule has 2 heterocycles. The zero-order valence-electron chi connectivity index (χ0n) is 19.7. The third-order valence-electron chi connectivity index (χ3n) is 5.58. The van der Waals surface area contributed by atoms with Crippen molar-refractivity contribution in [2.24, 2.45) is 5.10 Å². The molecular weight excluding hydrogens is 400 g/mol. The van der Waals surface area contributed by atoms with Gasteiger partial charge in [0.1, 0.15) is 11.3 Å². The second-order valence-electron chi connectivity index (χ2n) is 10.3. The van der Waals surface area contributed by atoms with Gasteiger partial charge in [0, 0.05) is 16.5 Å². The van der Waals surface area contributed by atoms with E-state index in [1.807, 2.05) is 37.3 Å². The molecule has 0 fully saturated rings. The minimum Gasteiger partial charge on any atom is -0.507 e. The number of benzene rings is 2. The summed E-state index contributed by atoms with van der Waals surface area (Å²) in [5.41, 5.74) is 8.69. The average Bonchev–Trinajstić information content (AvgIpc) is 3.06. The lowest BCUT2D eigenvalue weighted by Crippen LogP contribution is -2.18. The van der Waals surface area contributed by atoms with Crippen LogP contribution in [0.4, 0.5) is 5.95 Å². The van der Waals surface area contributed by atoms with Crippen molar-refractivity contribution in [1.29, 1.82) is 0 Å². The number of phenols is 1. The van der Waals surface area contributed by atoms with Gasteiger partial charge in [-0.3, -0.25) is 0 Å². The van der Waals surface area contributed by atoms with Crippen LogP contribution in [0.1, 0.15) is 63.8 Å². The van der Waals surface area contributed by atoms with Crippen molar-refractivity contribution >= 4 is 34.2 Å². The Bertz CT molecular complexity index is 1300. The van der Waals surface area contributed by atoms with Crippen LogP contribution in [0.5, 0.6) is 5.75 Å². The van der Waals surface area contributed by atoms with E-state index in [0.717, 1.165) is 38.7 Å². The predicted octanol–water partition coefficient (Wildman–Crippen LogP) is 5.56. The molecule has 7 heteroatoms. The molecule has 0 amide bonds. The van der Waals surface area contributed by atoms with Gasteiger partial charge in [0.25, 0.3) is 5.95 Å². The van der Waals surface area contributed by atoms with E-state index in [2.05, 4.69) is 72.2 Å². The summed E-state index contributed by atoms with van der Waals surface area (Å²) in [5, 5.41) is 24.7. The summed E-state index contributed by atoms with van der Waals surface area (Å²) in [5.74, 6) is 0.658. The summed E-state index contributed by atoms with van der Waals surface area (Å²) in [4.78, 5) is 7.83. The van der Waals surface area contributed by atoms with Gasteiger partial charge in [0.2, 0.25) is 0 Å². The van der Waals surface area contributed by atoms with E-state index in [1.165, 1.54) is 0 Å². The SMILES string of the molecule is Cc1cccc2c1[nH]c1nc(N/N=C/c3cc(C(C)(C)C)c(O)c(C(C)(C)C)c3)nnc12. The van der Waals surface area contributed by atoms with Crippen LogP contribution in [0, 0.1) is 6.92 Å². The average molecular weight is 431 g/mol. The van der Waals surface area contributed by atoms with Crippen molar-refractivity contribution in [1.82, 2.24) is 20.2 Å². The van der Waals surface area contributed by atoms with Gasteiger partial charge in [0.05, 0.1) is 11.7 Å². The van der Waals surface area contributed by atoms with Gasteiger partial charge < -0.3 is 10.1 Å². The Labute approximate surface area is 188 Å². The Morgan fingerprint density at radius 3 is 2.28 bits per heavy atom. The summed E-state index contributed by atoms with van der Waals surface area (Å²) in [7, 11) is 0. The molecule has 7 nitrogen and oxygen atoms in total. The fourth-order valence-corrected chi connectivity index (χ4v) is 3.83. The molecule has 0 atom stereocenters. The molecule has 3 N–H and O–H groups in total. The maximum atomic E-state index is 10.9. The quantitative estimate of drug-likeness (QED) is 0.292. The first kappa shape index (κ1) is 21.7. The highest BCUT2D eigenvalue weighted by molar-refractivity contribution is 6.04. The summed E-state index contributed by atoms with van der Waals surface area (Å²) in [6.07, 6.45) is 1.72. The van der Waals surface area contributed by atoms with E-state index in [-0.39, 0.29) is 10.8 Å². The second kappa shape index (κ2) is 7.58. The minimum atomic E-state index is -0.201. The summed E-state index contributed by atoms with van der Waals surface area (Å²) < 4.78 is 0. The first-order valence-electron chi connectivity index (χ1n) is 10.7. The molecule has 2 aromatic heterocycles. The number of aromatic amines is 1. The number of aromatic hydroxyl groups is 1. The molecule has 0 radical (unpaired) electrons. The number of anilines is 1. The number of aromatic nitrogens is 4. The zero-order valence-corrected chi connectivity index (χ0v) is 19.7. The monoisotopic (exact) mass is 430 g/mol. The molecule has 32 heavy (non-hydrogen) atoms. The number of rotatable bonds is 3. The largest absolute Gasteiger partial charge is 0.507 e. The molecule has 0 saturated carbocycles. The zero-order chi connectivity index (χ0) is 23.3. The van der Waals surface area contributed by atoms with Crippen LogP contribution in [0.15, 0.2) is 35.4 Å². The van der Waals surface area contributed by atoms with E-state index in [4.69, 9.17) is 0 Å². The van der Waals surface area contributed by atoms with Gasteiger partial charge in [-0.2, -0.15) is 10.1 Å². The number of aryl methyl sites for hydroxylation is 1. The van der Waals surface area contributed by atoms with E-state index >= 15 is 0 Å². The van der Waals surface area contributed by atoms with Crippen LogP contribution in [-0.4, -0.2) is 31.5 Å². The molecule has 0 saturated heterocycles. The van der Waals surface area contributed by atoms with Gasteiger partial charge in [-0.15, -0.1) is 10.2 Å². The highest BCUT2D eigenvalue weighted by Crippen LogP contribution is 2.39. The van der Waals surface area contributed by atoms with Crippen molar-refractivity contribution in [3.63, 3.8) is 0 Å². The molecule has 0 aliphatic rings. The Balaban J connectivity index is 1.65. The first-order valence-corrected chi connectivity index (χ1v) is 10.7. The van der Waals surface area contributed by atoms with Gasteiger partial charge in [-0.25, -0.2) is 5.43 Å². The number of nitrogens with one attached hydrogen (secondary N) is 2. The van der Waals surface area contributed by atoms with Crippen LogP contribution in [0.25, 0.3) is 22.1 Å². The number of phenolic OH excluding ortho intramolecular Hbond substituents is 1. The minimum absolute atomic E-state index is 0.201. The highest BCUT2D eigenvalue weighted by atomic mass is 16.3. The third-order valence-corrected chi connectivity index (χ3v) is 5.58. The lowest BCUT2D eigenvalue weighted by molar-refractivity contribution is 0.423. The van der Waals surface area contributed by atoms with Gasteiger partial charge in [-0.1, -0.05) is 59.7 Å². The molecule has 4 rings (SSSR count). The Hall–Kier alpha value is -3.48. The number of hydrazone groups is 1. The second-order valence-corrected chi connectivity index (χ2v) is 10.3. The fourth-order valence-electron chi connectivity index (χ4n) is 3.83. The van der Waals surface area contributed by atoms with Crippen LogP contribution in [0.2, 0.25) is 0 Å². The smallest absolute Gasteiger partial charge is 0.265 e. The number of hydrogen-bond acceptors (Lipinski definition) is 6. The van der Waals surface area contributed by atoms with E-state index in [0.29, 0.717) is 17.3 Å². The van der Waals surface area contributed by atoms with E-state index in [1.54, 1.807) is 6.21 Å². The molecule has 0 aliphatic heterocycles. The van der Waals surface area contributed by atoms with Crippen molar-refractivity contribution in [2.45, 2.75) is 59.3 Å². The summed E-state index contributed by atoms with van der Waals surface area (Å²) in [6.45, 7) is 14.6. The standard InChI is InChI=1S/C25H30N6O/c1-14-9-8-10-16-19(14)27-22-20(16)29-31-23(28-22)30-26-13-15-11-17(24(2,3)4)21(32)18(12-15)25(5,6)7/h8-13,32H,1-7H3,(H2,27,28,30,31)/b26-13+. The molecule has 0 spiro atoms. The lowest BCUT2D eigenvalue weighted by atomic mass is 9.78. The Morgan fingerprint density at radius 1 is 1.00 bits per heavy atom. The number of nitrogens with zero attached hydrogens (tertiary/aromatic N) is 4. The molecule has 4 aromatic rings. The van der Waals surface area contributed by atoms with Gasteiger partial charge >= 0.3 is 0 Å². The van der Waals surface area contributed by atoms with Crippen LogP contribution >= 0.6 is 0 Å². The van der Waals surface area contributed by atoms with E-state index in [9.17, 15) is 5.11 Å². The Kier molecular flexibility index (Phi) is 5.15. The third kappa shape index (κ3) is 4.02.